The molecule has 4 heteroatoms. The zero-order valence-corrected chi connectivity index (χ0v) is 8.87. The van der Waals surface area contributed by atoms with Gasteiger partial charge in [-0.05, 0) is 37.1 Å². The van der Waals surface area contributed by atoms with E-state index >= 15 is 0 Å². The summed E-state index contributed by atoms with van der Waals surface area (Å²) in [6.07, 6.45) is 1.66. The molecule has 1 aromatic carbocycles. The van der Waals surface area contributed by atoms with Crippen LogP contribution in [0.5, 0.6) is 5.75 Å². The zero-order chi connectivity index (χ0) is 11.3. The van der Waals surface area contributed by atoms with Gasteiger partial charge < -0.3 is 16.2 Å². The van der Waals surface area contributed by atoms with Crippen molar-refractivity contribution in [3.8, 4) is 5.75 Å². The van der Waals surface area contributed by atoms with E-state index in [1.807, 2.05) is 0 Å². The third-order valence-electron chi connectivity index (χ3n) is 2.32. The molecule has 0 aliphatic carbocycles. The minimum atomic E-state index is -0.368. The average molecular weight is 212 g/mol. The van der Waals surface area contributed by atoms with Crippen LogP contribution >= 0.6 is 0 Å². The van der Waals surface area contributed by atoms with Gasteiger partial charge in [0.1, 0.15) is 0 Å². The van der Waals surface area contributed by atoms with Crippen molar-refractivity contribution < 1.29 is 9.13 Å². The van der Waals surface area contributed by atoms with E-state index in [2.05, 4.69) is 0 Å². The second kappa shape index (κ2) is 5.68. The number of rotatable bonds is 5. The van der Waals surface area contributed by atoms with Crippen LogP contribution in [0.3, 0.4) is 0 Å². The van der Waals surface area contributed by atoms with E-state index in [1.54, 1.807) is 12.1 Å². The maximum Gasteiger partial charge on any atom is 0.165 e. The molecule has 15 heavy (non-hydrogen) atoms. The maximum absolute atomic E-state index is 13.1. The van der Waals surface area contributed by atoms with Crippen molar-refractivity contribution in [2.24, 2.45) is 11.5 Å². The Morgan fingerprint density at radius 3 is 2.80 bits per heavy atom. The fourth-order valence-electron chi connectivity index (χ4n) is 1.41. The molecule has 0 fully saturated rings. The Morgan fingerprint density at radius 2 is 2.20 bits per heavy atom. The van der Waals surface area contributed by atoms with Crippen LogP contribution < -0.4 is 16.2 Å². The van der Waals surface area contributed by atoms with Crippen LogP contribution in [0.4, 0.5) is 4.39 Å². The lowest BCUT2D eigenvalue weighted by atomic mass is 10.0. The summed E-state index contributed by atoms with van der Waals surface area (Å²) in [7, 11) is 1.44. The number of nitrogens with two attached hydrogens (primary N) is 2. The van der Waals surface area contributed by atoms with E-state index in [1.165, 1.54) is 13.2 Å². The Hall–Kier alpha value is -1.13. The predicted molar refractivity (Wildman–Crippen MR) is 58.2 cm³/mol. The van der Waals surface area contributed by atoms with E-state index in [0.29, 0.717) is 6.54 Å². The number of hydrogen-bond donors (Lipinski definition) is 2. The number of benzene rings is 1. The zero-order valence-electron chi connectivity index (χ0n) is 8.87. The molecular formula is C11H17FN2O. The van der Waals surface area contributed by atoms with Crippen LogP contribution in [0.1, 0.15) is 24.4 Å². The number of methoxy groups -OCH3 is 1. The van der Waals surface area contributed by atoms with Crippen molar-refractivity contribution in [2.45, 2.75) is 18.9 Å². The van der Waals surface area contributed by atoms with Gasteiger partial charge in [0.25, 0.3) is 0 Å². The smallest absolute Gasteiger partial charge is 0.165 e. The van der Waals surface area contributed by atoms with Crippen LogP contribution in [0, 0.1) is 5.82 Å². The third-order valence-corrected chi connectivity index (χ3v) is 2.32. The summed E-state index contributed by atoms with van der Waals surface area (Å²) >= 11 is 0. The molecule has 0 saturated carbocycles. The lowest BCUT2D eigenvalue weighted by Crippen LogP contribution is -2.12. The first-order chi connectivity index (χ1) is 7.19. The van der Waals surface area contributed by atoms with E-state index < -0.39 is 0 Å². The first-order valence-corrected chi connectivity index (χ1v) is 4.98. The van der Waals surface area contributed by atoms with Crippen LogP contribution in [0.2, 0.25) is 0 Å². The fourth-order valence-corrected chi connectivity index (χ4v) is 1.41. The molecular weight excluding hydrogens is 195 g/mol. The lowest BCUT2D eigenvalue weighted by Gasteiger charge is -2.12. The van der Waals surface area contributed by atoms with Gasteiger partial charge in [0.05, 0.1) is 7.11 Å². The summed E-state index contributed by atoms with van der Waals surface area (Å²) in [6, 6.07) is 4.58. The Bertz CT molecular complexity index is 317. The third kappa shape index (κ3) is 3.18. The molecule has 0 saturated heterocycles. The monoisotopic (exact) mass is 212 g/mol. The highest BCUT2D eigenvalue weighted by atomic mass is 19.1. The molecule has 0 bridgehead atoms. The van der Waals surface area contributed by atoms with E-state index in [0.717, 1.165) is 18.4 Å². The second-order valence-corrected chi connectivity index (χ2v) is 3.43. The summed E-state index contributed by atoms with van der Waals surface area (Å²) in [4.78, 5) is 0. The van der Waals surface area contributed by atoms with Gasteiger partial charge in [-0.2, -0.15) is 0 Å². The quantitative estimate of drug-likeness (QED) is 0.778. The molecule has 3 nitrogen and oxygen atoms in total. The van der Waals surface area contributed by atoms with Gasteiger partial charge in [-0.3, -0.25) is 0 Å². The SMILES string of the molecule is COc1cc([C@@H](N)CCCN)ccc1F. The standard InChI is InChI=1S/C11H17FN2O/c1-15-11-7-8(4-5-9(11)12)10(14)3-2-6-13/h4-5,7,10H,2-3,6,13-14H2,1H3/t10-/m0/s1. The van der Waals surface area contributed by atoms with Crippen LogP contribution in [0.25, 0.3) is 0 Å². The minimum Gasteiger partial charge on any atom is -0.494 e. The molecule has 0 radical (unpaired) electrons. The molecule has 4 N–H and O–H groups in total. The van der Waals surface area contributed by atoms with Crippen LogP contribution in [-0.2, 0) is 0 Å². The van der Waals surface area contributed by atoms with Crippen molar-refractivity contribution in [1.82, 2.24) is 0 Å². The summed E-state index contributed by atoms with van der Waals surface area (Å²) in [5, 5.41) is 0. The first-order valence-electron chi connectivity index (χ1n) is 4.98. The summed E-state index contributed by atoms with van der Waals surface area (Å²) < 4.78 is 18.0. The number of ether oxygens (including phenoxy) is 1. The van der Waals surface area contributed by atoms with Gasteiger partial charge in [0, 0.05) is 6.04 Å². The van der Waals surface area contributed by atoms with Crippen LogP contribution in [-0.4, -0.2) is 13.7 Å². The van der Waals surface area contributed by atoms with E-state index in [-0.39, 0.29) is 17.6 Å². The van der Waals surface area contributed by atoms with Crippen molar-refractivity contribution in [3.05, 3.63) is 29.6 Å². The summed E-state index contributed by atoms with van der Waals surface area (Å²) in [5.41, 5.74) is 12.2. The lowest BCUT2D eigenvalue weighted by molar-refractivity contribution is 0.385. The number of halogens is 1. The summed E-state index contributed by atoms with van der Waals surface area (Å²) in [6.45, 7) is 0.617. The number of hydrogen-bond acceptors (Lipinski definition) is 3. The Morgan fingerprint density at radius 1 is 1.47 bits per heavy atom. The Balaban J connectivity index is 2.76. The molecule has 0 aromatic heterocycles. The van der Waals surface area contributed by atoms with Gasteiger partial charge in [0.2, 0.25) is 0 Å². The fraction of sp³-hybridized carbons (Fsp3) is 0.455. The Kier molecular flexibility index (Phi) is 4.52. The van der Waals surface area contributed by atoms with Gasteiger partial charge >= 0.3 is 0 Å². The first kappa shape index (κ1) is 11.9. The summed E-state index contributed by atoms with van der Waals surface area (Å²) in [5.74, 6) is -0.136. The highest BCUT2D eigenvalue weighted by Gasteiger charge is 2.09. The molecule has 0 spiro atoms. The molecule has 0 heterocycles. The molecule has 0 amide bonds. The predicted octanol–water partition coefficient (Wildman–Crippen LogP) is 1.57. The molecule has 0 unspecified atom stereocenters. The molecule has 1 rings (SSSR count). The van der Waals surface area contributed by atoms with Gasteiger partial charge in [-0.15, -0.1) is 0 Å². The van der Waals surface area contributed by atoms with Crippen molar-refractivity contribution >= 4 is 0 Å². The van der Waals surface area contributed by atoms with Gasteiger partial charge in [-0.25, -0.2) is 4.39 Å². The molecule has 84 valence electrons. The van der Waals surface area contributed by atoms with Gasteiger partial charge in [-0.1, -0.05) is 6.07 Å². The van der Waals surface area contributed by atoms with E-state index in [4.69, 9.17) is 16.2 Å². The van der Waals surface area contributed by atoms with Crippen molar-refractivity contribution in [2.75, 3.05) is 13.7 Å². The molecule has 1 aromatic rings. The molecule has 0 aliphatic heterocycles. The second-order valence-electron chi connectivity index (χ2n) is 3.43. The van der Waals surface area contributed by atoms with Crippen molar-refractivity contribution in [3.63, 3.8) is 0 Å². The largest absolute Gasteiger partial charge is 0.494 e. The normalized spacial score (nSPS) is 12.5. The maximum atomic E-state index is 13.1. The highest BCUT2D eigenvalue weighted by molar-refractivity contribution is 5.31. The topological polar surface area (TPSA) is 61.3 Å². The molecule has 0 aliphatic rings. The van der Waals surface area contributed by atoms with Crippen LogP contribution in [0.15, 0.2) is 18.2 Å². The Labute approximate surface area is 89.2 Å². The van der Waals surface area contributed by atoms with E-state index in [9.17, 15) is 4.39 Å². The average Bonchev–Trinajstić information content (AvgIpc) is 2.26. The van der Waals surface area contributed by atoms with Gasteiger partial charge in [0.15, 0.2) is 11.6 Å². The van der Waals surface area contributed by atoms with Crippen molar-refractivity contribution in [1.29, 1.82) is 0 Å². The minimum absolute atomic E-state index is 0.108. The highest BCUT2D eigenvalue weighted by Crippen LogP contribution is 2.23. The molecule has 1 atom stereocenters.